The number of nitrogens with two attached hydrogens (primary N) is 1. The van der Waals surface area contributed by atoms with Crippen LogP contribution in [0.15, 0.2) is 6.07 Å². The Bertz CT molecular complexity index is 522. The quantitative estimate of drug-likeness (QED) is 0.687. The first-order valence-corrected chi connectivity index (χ1v) is 5.80. The van der Waals surface area contributed by atoms with Crippen molar-refractivity contribution in [2.24, 2.45) is 11.7 Å². The smallest absolute Gasteiger partial charge is 0.271 e. The fourth-order valence-corrected chi connectivity index (χ4v) is 1.61. The Morgan fingerprint density at radius 2 is 2.21 bits per heavy atom. The minimum absolute atomic E-state index is 0.0797. The molecule has 2 amide bonds. The summed E-state index contributed by atoms with van der Waals surface area (Å²) in [6.45, 7) is 0.0797. The van der Waals surface area contributed by atoms with Crippen LogP contribution < -0.4 is 16.4 Å². The molecule has 102 valence electrons. The molecule has 1 fully saturated rings. The lowest BCUT2D eigenvalue weighted by atomic mass is 10.2. The van der Waals surface area contributed by atoms with E-state index in [1.54, 1.807) is 0 Å². The maximum Gasteiger partial charge on any atom is 0.271 e. The Hall–Kier alpha value is -2.09. The van der Waals surface area contributed by atoms with Crippen LogP contribution in [0.25, 0.3) is 0 Å². The highest BCUT2D eigenvalue weighted by molar-refractivity contribution is 5.95. The molecule has 0 unspecified atom stereocenters. The Kier molecular flexibility index (Phi) is 3.70. The highest BCUT2D eigenvalue weighted by atomic mass is 19.1. The fourth-order valence-electron chi connectivity index (χ4n) is 1.61. The topological polar surface area (TPSA) is 110 Å². The van der Waals surface area contributed by atoms with Gasteiger partial charge in [-0.1, -0.05) is 0 Å². The number of anilines is 1. The van der Waals surface area contributed by atoms with E-state index >= 15 is 0 Å². The summed E-state index contributed by atoms with van der Waals surface area (Å²) in [5.41, 5.74) is 6.08. The zero-order valence-corrected chi connectivity index (χ0v) is 10.3. The van der Waals surface area contributed by atoms with E-state index in [2.05, 4.69) is 20.8 Å². The number of alkyl halides is 1. The van der Waals surface area contributed by atoms with Gasteiger partial charge in [0.2, 0.25) is 5.91 Å². The normalized spacial score (nSPS) is 20.8. The van der Waals surface area contributed by atoms with Crippen LogP contribution in [0.3, 0.4) is 0 Å². The molecule has 2 rings (SSSR count). The molecule has 0 aliphatic heterocycles. The molecule has 2 atom stereocenters. The lowest BCUT2D eigenvalue weighted by Crippen LogP contribution is -2.24. The van der Waals surface area contributed by atoms with Crippen molar-refractivity contribution in [3.05, 3.63) is 17.3 Å². The number of nitrogens with zero attached hydrogens (tertiary/aromatic N) is 2. The molecule has 19 heavy (non-hydrogen) atoms. The predicted octanol–water partition coefficient (Wildman–Crippen LogP) is -0.409. The van der Waals surface area contributed by atoms with Gasteiger partial charge in [0.05, 0.1) is 5.92 Å². The highest BCUT2D eigenvalue weighted by Gasteiger charge is 2.43. The standard InChI is InChI=1S/C11H14FN5O2/c1-14-11(19)9-5(4-13)2-8(16-17-9)15-10(18)6-3-7(6)12/h2,6-7H,3-4,13H2,1H3,(H,14,19)(H,15,16,18)/t6-,7+/m1/s1. The Labute approximate surface area is 108 Å². The van der Waals surface area contributed by atoms with Crippen LogP contribution in [0.4, 0.5) is 10.2 Å². The molecule has 1 aliphatic rings. The van der Waals surface area contributed by atoms with Gasteiger partial charge in [0.1, 0.15) is 6.17 Å². The first-order chi connectivity index (χ1) is 9.06. The second-order valence-corrected chi connectivity index (χ2v) is 4.23. The van der Waals surface area contributed by atoms with Crippen molar-refractivity contribution in [1.82, 2.24) is 15.5 Å². The van der Waals surface area contributed by atoms with Gasteiger partial charge in [0, 0.05) is 19.2 Å². The van der Waals surface area contributed by atoms with E-state index in [1.807, 2.05) is 0 Å². The number of amides is 2. The van der Waals surface area contributed by atoms with Gasteiger partial charge in [0.15, 0.2) is 11.5 Å². The third-order valence-corrected chi connectivity index (χ3v) is 2.84. The number of halogens is 1. The summed E-state index contributed by atoms with van der Waals surface area (Å²) in [6, 6.07) is 1.46. The lowest BCUT2D eigenvalue weighted by molar-refractivity contribution is -0.117. The van der Waals surface area contributed by atoms with Crippen LogP contribution in [0.2, 0.25) is 0 Å². The Balaban J connectivity index is 2.14. The molecule has 4 N–H and O–H groups in total. The summed E-state index contributed by atoms with van der Waals surface area (Å²) in [4.78, 5) is 23.0. The average molecular weight is 267 g/mol. The van der Waals surface area contributed by atoms with E-state index in [-0.39, 0.29) is 24.5 Å². The summed E-state index contributed by atoms with van der Waals surface area (Å²) in [7, 11) is 1.47. The Morgan fingerprint density at radius 3 is 2.74 bits per heavy atom. The molecule has 1 aliphatic carbocycles. The molecule has 1 saturated carbocycles. The highest BCUT2D eigenvalue weighted by Crippen LogP contribution is 2.34. The molecule has 0 bridgehead atoms. The van der Waals surface area contributed by atoms with Crippen LogP contribution in [-0.2, 0) is 11.3 Å². The summed E-state index contributed by atoms with van der Waals surface area (Å²) in [6.07, 6.45) is -0.841. The van der Waals surface area contributed by atoms with E-state index in [9.17, 15) is 14.0 Å². The first kappa shape index (κ1) is 13.3. The third-order valence-electron chi connectivity index (χ3n) is 2.84. The van der Waals surface area contributed by atoms with Crippen LogP contribution >= 0.6 is 0 Å². The number of carbonyl (C=O) groups excluding carboxylic acids is 2. The summed E-state index contributed by atoms with van der Waals surface area (Å²) >= 11 is 0. The van der Waals surface area contributed by atoms with Crippen molar-refractivity contribution in [1.29, 1.82) is 0 Å². The lowest BCUT2D eigenvalue weighted by Gasteiger charge is -2.07. The molecule has 0 spiro atoms. The Morgan fingerprint density at radius 1 is 1.53 bits per heavy atom. The van der Waals surface area contributed by atoms with Crippen molar-refractivity contribution in [2.75, 3.05) is 12.4 Å². The molecule has 0 radical (unpaired) electrons. The van der Waals surface area contributed by atoms with Gasteiger partial charge in [-0.05, 0) is 12.5 Å². The molecule has 1 aromatic rings. The predicted molar refractivity (Wildman–Crippen MR) is 64.9 cm³/mol. The molecular weight excluding hydrogens is 253 g/mol. The van der Waals surface area contributed by atoms with E-state index in [0.717, 1.165) is 0 Å². The van der Waals surface area contributed by atoms with Gasteiger partial charge in [-0.15, -0.1) is 10.2 Å². The van der Waals surface area contributed by atoms with E-state index in [4.69, 9.17) is 5.73 Å². The second kappa shape index (κ2) is 5.27. The van der Waals surface area contributed by atoms with Gasteiger partial charge in [-0.2, -0.15) is 0 Å². The number of carbonyl (C=O) groups is 2. The average Bonchev–Trinajstić information content (AvgIpc) is 3.15. The molecule has 0 saturated heterocycles. The van der Waals surface area contributed by atoms with Crippen molar-refractivity contribution in [3.63, 3.8) is 0 Å². The summed E-state index contributed by atoms with van der Waals surface area (Å²) in [5.74, 6) is -1.28. The number of hydrogen-bond acceptors (Lipinski definition) is 5. The van der Waals surface area contributed by atoms with Gasteiger partial charge in [-0.3, -0.25) is 9.59 Å². The monoisotopic (exact) mass is 267 g/mol. The summed E-state index contributed by atoms with van der Waals surface area (Å²) < 4.78 is 12.7. The van der Waals surface area contributed by atoms with Crippen LogP contribution in [0.5, 0.6) is 0 Å². The molecule has 8 heteroatoms. The van der Waals surface area contributed by atoms with Crippen LogP contribution in [-0.4, -0.2) is 35.2 Å². The molecule has 1 aromatic heterocycles. The first-order valence-electron chi connectivity index (χ1n) is 5.80. The maximum absolute atomic E-state index is 12.7. The largest absolute Gasteiger partial charge is 0.354 e. The fraction of sp³-hybridized carbons (Fsp3) is 0.455. The molecule has 0 aromatic carbocycles. The zero-order chi connectivity index (χ0) is 14.0. The molecule has 7 nitrogen and oxygen atoms in total. The van der Waals surface area contributed by atoms with Gasteiger partial charge in [-0.25, -0.2) is 4.39 Å². The van der Waals surface area contributed by atoms with Crippen molar-refractivity contribution in [2.45, 2.75) is 19.1 Å². The number of hydrogen-bond donors (Lipinski definition) is 3. The SMILES string of the molecule is CNC(=O)c1nnc(NC(=O)[C@@H]2C[C@@H]2F)cc1CN. The van der Waals surface area contributed by atoms with E-state index < -0.39 is 23.9 Å². The van der Waals surface area contributed by atoms with Crippen molar-refractivity contribution < 1.29 is 14.0 Å². The minimum atomic E-state index is -1.08. The zero-order valence-electron chi connectivity index (χ0n) is 10.3. The van der Waals surface area contributed by atoms with Crippen molar-refractivity contribution in [3.8, 4) is 0 Å². The van der Waals surface area contributed by atoms with Gasteiger partial charge < -0.3 is 16.4 Å². The van der Waals surface area contributed by atoms with Crippen LogP contribution in [0, 0.1) is 5.92 Å². The van der Waals surface area contributed by atoms with Crippen molar-refractivity contribution >= 4 is 17.6 Å². The third kappa shape index (κ3) is 2.84. The van der Waals surface area contributed by atoms with Gasteiger partial charge in [0.25, 0.3) is 5.91 Å². The molecular formula is C11H14FN5O2. The summed E-state index contributed by atoms with van der Waals surface area (Å²) in [5, 5.41) is 12.3. The van der Waals surface area contributed by atoms with Gasteiger partial charge >= 0.3 is 0 Å². The van der Waals surface area contributed by atoms with E-state index in [0.29, 0.717) is 5.56 Å². The van der Waals surface area contributed by atoms with Crippen LogP contribution in [0.1, 0.15) is 22.5 Å². The van der Waals surface area contributed by atoms with E-state index in [1.165, 1.54) is 13.1 Å². The number of rotatable bonds is 4. The number of aromatic nitrogens is 2. The number of nitrogens with one attached hydrogen (secondary N) is 2. The second-order valence-electron chi connectivity index (χ2n) is 4.23. The maximum atomic E-state index is 12.7. The molecule has 1 heterocycles. The minimum Gasteiger partial charge on any atom is -0.354 e.